The van der Waals surface area contributed by atoms with Crippen molar-refractivity contribution in [3.8, 4) is 5.75 Å². The summed E-state index contributed by atoms with van der Waals surface area (Å²) in [4.78, 5) is 12.2. The van der Waals surface area contributed by atoms with Crippen molar-refractivity contribution in [3.63, 3.8) is 0 Å². The highest BCUT2D eigenvalue weighted by Gasteiger charge is 2.24. The van der Waals surface area contributed by atoms with Gasteiger partial charge in [-0.05, 0) is 37.1 Å². The summed E-state index contributed by atoms with van der Waals surface area (Å²) in [5, 5.41) is 0.160. The lowest BCUT2D eigenvalue weighted by atomic mass is 10.0. The van der Waals surface area contributed by atoms with Crippen LogP contribution in [0.4, 0.5) is 0 Å². The van der Waals surface area contributed by atoms with E-state index in [-0.39, 0.29) is 11.0 Å². The third kappa shape index (κ3) is 2.24. The molecular weight excluding hydrogens is 220 g/mol. The summed E-state index contributed by atoms with van der Waals surface area (Å²) in [5.41, 5.74) is 1.85. The molecule has 2 nitrogen and oxygen atoms in total. The Morgan fingerprint density at radius 1 is 1.50 bits per heavy atom. The number of methoxy groups -OCH3 is 1. The Kier molecular flexibility index (Phi) is 3.54. The molecule has 86 valence electrons. The Morgan fingerprint density at radius 2 is 2.31 bits per heavy atom. The van der Waals surface area contributed by atoms with Gasteiger partial charge in [-0.2, -0.15) is 11.8 Å². The van der Waals surface area contributed by atoms with Crippen LogP contribution in [0.5, 0.6) is 5.75 Å². The lowest BCUT2D eigenvalue weighted by Gasteiger charge is -2.10. The van der Waals surface area contributed by atoms with E-state index in [1.165, 1.54) is 0 Å². The Morgan fingerprint density at radius 3 is 2.94 bits per heavy atom. The van der Waals surface area contributed by atoms with Crippen LogP contribution in [-0.4, -0.2) is 23.9 Å². The summed E-state index contributed by atoms with van der Waals surface area (Å²) in [5.74, 6) is 2.16. The van der Waals surface area contributed by atoms with E-state index in [9.17, 15) is 4.79 Å². The molecule has 0 aliphatic carbocycles. The number of thioether (sulfide) groups is 1. The topological polar surface area (TPSA) is 26.3 Å². The summed E-state index contributed by atoms with van der Waals surface area (Å²) in [6.45, 7) is 1.98. The zero-order valence-corrected chi connectivity index (χ0v) is 10.5. The highest BCUT2D eigenvalue weighted by Crippen LogP contribution is 2.30. The van der Waals surface area contributed by atoms with Crippen LogP contribution in [0.25, 0.3) is 0 Å². The normalized spacial score (nSPS) is 19.8. The summed E-state index contributed by atoms with van der Waals surface area (Å²) >= 11 is 1.77. The molecule has 0 bridgehead atoms. The fraction of sp³-hybridized carbons (Fsp3) is 0.462. The van der Waals surface area contributed by atoms with Crippen LogP contribution in [0.3, 0.4) is 0 Å². The molecule has 1 fully saturated rings. The maximum atomic E-state index is 12.2. The Hall–Kier alpha value is -0.960. The molecule has 0 amide bonds. The molecular formula is C13H16O2S. The molecule has 1 unspecified atom stereocenters. The first kappa shape index (κ1) is 11.5. The van der Waals surface area contributed by atoms with Gasteiger partial charge in [-0.1, -0.05) is 12.1 Å². The van der Waals surface area contributed by atoms with Gasteiger partial charge in [0.05, 0.1) is 12.4 Å². The van der Waals surface area contributed by atoms with Crippen molar-refractivity contribution in [1.82, 2.24) is 0 Å². The lowest BCUT2D eigenvalue weighted by Crippen LogP contribution is -2.14. The maximum Gasteiger partial charge on any atom is 0.175 e. The molecule has 1 aromatic rings. The van der Waals surface area contributed by atoms with Gasteiger partial charge in [-0.25, -0.2) is 0 Å². The van der Waals surface area contributed by atoms with Crippen molar-refractivity contribution in [2.75, 3.05) is 12.9 Å². The van der Waals surface area contributed by atoms with Crippen LogP contribution in [-0.2, 0) is 0 Å². The lowest BCUT2D eigenvalue weighted by molar-refractivity contribution is 0.0988. The zero-order chi connectivity index (χ0) is 11.5. The van der Waals surface area contributed by atoms with E-state index < -0.39 is 0 Å². The third-order valence-corrected chi connectivity index (χ3v) is 4.29. The van der Waals surface area contributed by atoms with Crippen LogP contribution in [0.1, 0.15) is 28.8 Å². The van der Waals surface area contributed by atoms with E-state index in [1.54, 1.807) is 18.9 Å². The maximum absolute atomic E-state index is 12.2. The van der Waals surface area contributed by atoms with Crippen molar-refractivity contribution < 1.29 is 9.53 Å². The fourth-order valence-electron chi connectivity index (χ4n) is 1.94. The first-order chi connectivity index (χ1) is 7.72. The van der Waals surface area contributed by atoms with Gasteiger partial charge in [-0.15, -0.1) is 0 Å². The van der Waals surface area contributed by atoms with Gasteiger partial charge in [0.2, 0.25) is 0 Å². The molecule has 2 rings (SSSR count). The average Bonchev–Trinajstić information content (AvgIpc) is 2.82. The average molecular weight is 236 g/mol. The van der Waals surface area contributed by atoms with Crippen molar-refractivity contribution in [2.24, 2.45) is 0 Å². The van der Waals surface area contributed by atoms with Gasteiger partial charge in [0.1, 0.15) is 5.75 Å². The summed E-state index contributed by atoms with van der Waals surface area (Å²) < 4.78 is 5.24. The summed E-state index contributed by atoms with van der Waals surface area (Å²) in [7, 11) is 1.64. The van der Waals surface area contributed by atoms with Crippen molar-refractivity contribution in [3.05, 3.63) is 29.3 Å². The number of ketones is 1. The Balaban J connectivity index is 2.22. The minimum absolute atomic E-state index is 0.160. The first-order valence-electron chi connectivity index (χ1n) is 5.53. The Bertz CT molecular complexity index is 395. The predicted molar refractivity (Wildman–Crippen MR) is 67.5 cm³/mol. The molecule has 0 aromatic heterocycles. The number of ether oxygens (including phenoxy) is 1. The smallest absolute Gasteiger partial charge is 0.175 e. The molecule has 0 N–H and O–H groups in total. The minimum Gasteiger partial charge on any atom is -0.496 e. The van der Waals surface area contributed by atoms with Gasteiger partial charge in [0.15, 0.2) is 5.78 Å². The molecule has 0 saturated carbocycles. The Labute approximate surface area is 100 Å². The number of Topliss-reactive ketones (excluding diaryl/α,β-unsaturated/α-hetero) is 1. The molecule has 1 heterocycles. The molecule has 0 radical (unpaired) electrons. The zero-order valence-electron chi connectivity index (χ0n) is 9.66. The van der Waals surface area contributed by atoms with Gasteiger partial charge in [0, 0.05) is 5.56 Å². The second-order valence-corrected chi connectivity index (χ2v) is 5.36. The van der Waals surface area contributed by atoms with Gasteiger partial charge < -0.3 is 4.74 Å². The SMILES string of the molecule is COc1cc(C(=O)C2CCCS2)ccc1C. The van der Waals surface area contributed by atoms with Crippen LogP contribution in [0.15, 0.2) is 18.2 Å². The number of rotatable bonds is 3. The summed E-state index contributed by atoms with van der Waals surface area (Å²) in [6, 6.07) is 5.71. The number of carbonyl (C=O) groups excluding carboxylic acids is 1. The minimum atomic E-state index is 0.160. The van der Waals surface area contributed by atoms with Crippen LogP contribution < -0.4 is 4.74 Å². The van der Waals surface area contributed by atoms with Crippen LogP contribution in [0.2, 0.25) is 0 Å². The second-order valence-electron chi connectivity index (χ2n) is 4.05. The highest BCUT2D eigenvalue weighted by molar-refractivity contribution is 8.00. The van der Waals surface area contributed by atoms with Gasteiger partial charge in [0.25, 0.3) is 0 Å². The molecule has 1 aliphatic heterocycles. The monoisotopic (exact) mass is 236 g/mol. The second kappa shape index (κ2) is 4.91. The highest BCUT2D eigenvalue weighted by atomic mass is 32.2. The van der Waals surface area contributed by atoms with Crippen molar-refractivity contribution in [2.45, 2.75) is 25.0 Å². The molecule has 1 saturated heterocycles. The number of aryl methyl sites for hydroxylation is 1. The number of carbonyl (C=O) groups is 1. The fourth-order valence-corrected chi connectivity index (χ4v) is 3.18. The van der Waals surface area contributed by atoms with Crippen molar-refractivity contribution >= 4 is 17.5 Å². The molecule has 16 heavy (non-hydrogen) atoms. The van der Waals surface area contributed by atoms with E-state index in [0.717, 1.165) is 35.5 Å². The number of hydrogen-bond acceptors (Lipinski definition) is 3. The van der Waals surface area contributed by atoms with E-state index in [1.807, 2.05) is 25.1 Å². The first-order valence-corrected chi connectivity index (χ1v) is 6.57. The van der Waals surface area contributed by atoms with Crippen LogP contribution in [0, 0.1) is 6.92 Å². The predicted octanol–water partition coefficient (Wildman–Crippen LogP) is 3.08. The molecule has 1 aliphatic rings. The number of hydrogen-bond donors (Lipinski definition) is 0. The van der Waals surface area contributed by atoms with Crippen molar-refractivity contribution in [1.29, 1.82) is 0 Å². The molecule has 0 spiro atoms. The number of benzene rings is 1. The van der Waals surface area contributed by atoms with E-state index >= 15 is 0 Å². The van der Waals surface area contributed by atoms with Gasteiger partial charge >= 0.3 is 0 Å². The largest absolute Gasteiger partial charge is 0.496 e. The molecule has 1 atom stereocenters. The van der Waals surface area contributed by atoms with E-state index in [2.05, 4.69) is 0 Å². The third-order valence-electron chi connectivity index (χ3n) is 2.91. The van der Waals surface area contributed by atoms with E-state index in [0.29, 0.717) is 0 Å². The quantitative estimate of drug-likeness (QED) is 0.754. The molecule has 3 heteroatoms. The standard InChI is InChI=1S/C13H16O2S/c1-9-5-6-10(8-11(9)15-2)13(14)12-4-3-7-16-12/h5-6,8,12H,3-4,7H2,1-2H3. The van der Waals surface area contributed by atoms with E-state index in [4.69, 9.17) is 4.74 Å². The summed E-state index contributed by atoms with van der Waals surface area (Å²) in [6.07, 6.45) is 2.17. The molecule has 1 aromatic carbocycles. The van der Waals surface area contributed by atoms with Crippen LogP contribution >= 0.6 is 11.8 Å². The van der Waals surface area contributed by atoms with Gasteiger partial charge in [-0.3, -0.25) is 4.79 Å².